The number of halogens is 1. The van der Waals surface area contributed by atoms with Crippen molar-refractivity contribution in [2.24, 2.45) is 0 Å². The molecule has 148 valence electrons. The lowest BCUT2D eigenvalue weighted by molar-refractivity contribution is 0.306. The minimum atomic E-state index is -0.263. The van der Waals surface area contributed by atoms with E-state index in [-0.39, 0.29) is 11.9 Å². The molecule has 1 unspecified atom stereocenters. The average Bonchev–Trinajstić information content (AvgIpc) is 3.27. The number of nitrogens with zero attached hydrogens (tertiary/aromatic N) is 3. The molecule has 4 aromatic rings. The summed E-state index contributed by atoms with van der Waals surface area (Å²) < 4.78 is 21.0. The number of nitrogens with one attached hydrogen (secondary N) is 1. The second-order valence-corrected chi connectivity index (χ2v) is 7.03. The van der Waals surface area contributed by atoms with Gasteiger partial charge in [-0.25, -0.2) is 9.07 Å². The molecule has 3 aromatic carbocycles. The normalized spacial score (nSPS) is 15.1. The first kappa shape index (κ1) is 18.1. The fourth-order valence-electron chi connectivity index (χ4n) is 3.47. The van der Waals surface area contributed by atoms with E-state index >= 15 is 0 Å². The summed E-state index contributed by atoms with van der Waals surface area (Å²) in [6.07, 6.45) is 3.59. The maximum absolute atomic E-state index is 13.3. The van der Waals surface area contributed by atoms with Gasteiger partial charge in [-0.05, 0) is 59.2 Å². The van der Waals surface area contributed by atoms with Crippen LogP contribution in [0.3, 0.4) is 0 Å². The van der Waals surface area contributed by atoms with Crippen LogP contribution in [0, 0.1) is 5.82 Å². The van der Waals surface area contributed by atoms with E-state index in [1.807, 2.05) is 59.3 Å². The molecule has 0 radical (unpaired) electrons. The zero-order chi connectivity index (χ0) is 20.3. The largest absolute Gasteiger partial charge is 0.489 e. The van der Waals surface area contributed by atoms with E-state index in [1.165, 1.54) is 18.5 Å². The summed E-state index contributed by atoms with van der Waals surface area (Å²) in [5, 5.41) is 7.63. The van der Waals surface area contributed by atoms with Gasteiger partial charge >= 0.3 is 0 Å². The number of hydrogen-bond acceptors (Lipinski definition) is 4. The SMILES string of the molecule is Fc1ccc(C2=CC(c3ccc(OCc4ccccc4)cc3)n3ncnc3N2)cc1. The number of hydrogen-bond donors (Lipinski definition) is 1. The predicted molar refractivity (Wildman–Crippen MR) is 113 cm³/mol. The Morgan fingerprint density at radius 3 is 2.47 bits per heavy atom. The Balaban J connectivity index is 1.40. The van der Waals surface area contributed by atoms with E-state index in [4.69, 9.17) is 4.74 Å². The lowest BCUT2D eigenvalue weighted by Crippen LogP contribution is -2.20. The van der Waals surface area contributed by atoms with E-state index in [0.717, 1.165) is 28.1 Å². The van der Waals surface area contributed by atoms with Gasteiger partial charge in [0.25, 0.3) is 0 Å². The molecule has 0 saturated heterocycles. The summed E-state index contributed by atoms with van der Waals surface area (Å²) in [5.41, 5.74) is 3.93. The van der Waals surface area contributed by atoms with Crippen molar-refractivity contribution >= 4 is 11.6 Å². The van der Waals surface area contributed by atoms with E-state index in [1.54, 1.807) is 12.1 Å². The van der Waals surface area contributed by atoms with Crippen LogP contribution >= 0.6 is 0 Å². The molecule has 1 N–H and O–H groups in total. The van der Waals surface area contributed by atoms with Crippen LogP contribution in [0.15, 0.2) is 91.3 Å². The van der Waals surface area contributed by atoms with Crippen molar-refractivity contribution in [1.29, 1.82) is 0 Å². The number of rotatable bonds is 5. The molecule has 0 saturated carbocycles. The molecule has 30 heavy (non-hydrogen) atoms. The number of aromatic nitrogens is 3. The second-order valence-electron chi connectivity index (χ2n) is 7.03. The minimum Gasteiger partial charge on any atom is -0.489 e. The van der Waals surface area contributed by atoms with Crippen LogP contribution in [0.1, 0.15) is 22.7 Å². The molecule has 1 atom stereocenters. The maximum atomic E-state index is 13.3. The lowest BCUT2D eigenvalue weighted by atomic mass is 10.0. The summed E-state index contributed by atoms with van der Waals surface area (Å²) in [5.74, 6) is 1.19. The molecule has 1 aromatic heterocycles. The highest BCUT2D eigenvalue weighted by molar-refractivity contribution is 5.77. The Morgan fingerprint density at radius 2 is 1.70 bits per heavy atom. The quantitative estimate of drug-likeness (QED) is 0.511. The first-order valence-electron chi connectivity index (χ1n) is 9.67. The zero-order valence-electron chi connectivity index (χ0n) is 16.1. The third kappa shape index (κ3) is 3.67. The summed E-state index contributed by atoms with van der Waals surface area (Å²) >= 11 is 0. The number of allylic oxidation sites excluding steroid dienone is 1. The number of benzene rings is 3. The smallest absolute Gasteiger partial charge is 0.226 e. The highest BCUT2D eigenvalue weighted by Gasteiger charge is 2.23. The third-order valence-corrected chi connectivity index (χ3v) is 5.03. The van der Waals surface area contributed by atoms with Gasteiger partial charge in [-0.15, -0.1) is 0 Å². The van der Waals surface area contributed by atoms with Crippen LogP contribution in [-0.4, -0.2) is 14.8 Å². The summed E-state index contributed by atoms with van der Waals surface area (Å²) in [6, 6.07) is 24.3. The van der Waals surface area contributed by atoms with Crippen molar-refractivity contribution in [2.75, 3.05) is 5.32 Å². The molecule has 5 rings (SSSR count). The zero-order valence-corrected chi connectivity index (χ0v) is 16.1. The van der Waals surface area contributed by atoms with Crippen LogP contribution in [0.4, 0.5) is 10.3 Å². The molecule has 5 nitrogen and oxygen atoms in total. The molecule has 0 amide bonds. The van der Waals surface area contributed by atoms with Gasteiger partial charge in [0.1, 0.15) is 30.5 Å². The van der Waals surface area contributed by atoms with Crippen LogP contribution in [-0.2, 0) is 6.61 Å². The van der Waals surface area contributed by atoms with Crippen molar-refractivity contribution in [1.82, 2.24) is 14.8 Å². The topological polar surface area (TPSA) is 52.0 Å². The first-order valence-corrected chi connectivity index (χ1v) is 9.67. The first-order chi connectivity index (χ1) is 14.8. The predicted octanol–water partition coefficient (Wildman–Crippen LogP) is 5.05. The van der Waals surface area contributed by atoms with Gasteiger partial charge in [0.15, 0.2) is 0 Å². The van der Waals surface area contributed by atoms with Gasteiger partial charge in [-0.3, -0.25) is 0 Å². The van der Waals surface area contributed by atoms with Gasteiger partial charge < -0.3 is 10.1 Å². The van der Waals surface area contributed by atoms with Crippen molar-refractivity contribution < 1.29 is 9.13 Å². The number of anilines is 1. The Kier molecular flexibility index (Phi) is 4.73. The van der Waals surface area contributed by atoms with E-state index in [0.29, 0.717) is 12.6 Å². The van der Waals surface area contributed by atoms with E-state index in [9.17, 15) is 4.39 Å². The highest BCUT2D eigenvalue weighted by atomic mass is 19.1. The molecule has 0 bridgehead atoms. The minimum absolute atomic E-state index is 0.132. The van der Waals surface area contributed by atoms with Crippen LogP contribution in [0.2, 0.25) is 0 Å². The number of fused-ring (bicyclic) bond motifs is 1. The lowest BCUT2D eigenvalue weighted by Gasteiger charge is -2.24. The average molecular weight is 398 g/mol. The molecule has 1 aliphatic heterocycles. The van der Waals surface area contributed by atoms with Crippen molar-refractivity contribution in [3.63, 3.8) is 0 Å². The van der Waals surface area contributed by atoms with E-state index in [2.05, 4.69) is 21.5 Å². The Bertz CT molecular complexity index is 1170. The fourth-order valence-corrected chi connectivity index (χ4v) is 3.47. The van der Waals surface area contributed by atoms with Crippen LogP contribution in [0.25, 0.3) is 5.70 Å². The van der Waals surface area contributed by atoms with Crippen LogP contribution < -0.4 is 10.1 Å². The van der Waals surface area contributed by atoms with Crippen molar-refractivity contribution in [3.05, 3.63) is 114 Å². The van der Waals surface area contributed by atoms with Gasteiger partial charge in [0.05, 0.1) is 0 Å². The van der Waals surface area contributed by atoms with Crippen molar-refractivity contribution in [3.8, 4) is 5.75 Å². The van der Waals surface area contributed by atoms with Crippen molar-refractivity contribution in [2.45, 2.75) is 12.6 Å². The van der Waals surface area contributed by atoms with Gasteiger partial charge in [0.2, 0.25) is 5.95 Å². The number of ether oxygens (including phenoxy) is 1. The van der Waals surface area contributed by atoms with Gasteiger partial charge in [0, 0.05) is 5.70 Å². The summed E-state index contributed by atoms with van der Waals surface area (Å²) in [4.78, 5) is 4.31. The van der Waals surface area contributed by atoms with Gasteiger partial charge in [-0.1, -0.05) is 42.5 Å². The fraction of sp³-hybridized carbons (Fsp3) is 0.0833. The summed E-state index contributed by atoms with van der Waals surface area (Å²) in [7, 11) is 0. The Hall–Kier alpha value is -3.93. The molecule has 1 aliphatic rings. The maximum Gasteiger partial charge on any atom is 0.226 e. The highest BCUT2D eigenvalue weighted by Crippen LogP contribution is 2.32. The van der Waals surface area contributed by atoms with Crippen LogP contribution in [0.5, 0.6) is 5.75 Å². The summed E-state index contributed by atoms with van der Waals surface area (Å²) in [6.45, 7) is 0.523. The molecule has 6 heteroatoms. The molecule has 0 spiro atoms. The van der Waals surface area contributed by atoms with Gasteiger partial charge in [-0.2, -0.15) is 10.1 Å². The standard InChI is InChI=1S/C24H19FN4O/c25-20-10-6-18(7-11-20)22-14-23(29-24(28-22)26-16-27-29)19-8-12-21(13-9-19)30-15-17-4-2-1-3-5-17/h1-14,16,23H,15H2,(H,26,27,28). The third-order valence-electron chi connectivity index (χ3n) is 5.03. The molecular formula is C24H19FN4O. The molecule has 0 aliphatic carbocycles. The Morgan fingerprint density at radius 1 is 0.933 bits per heavy atom. The molecule has 0 fully saturated rings. The van der Waals surface area contributed by atoms with E-state index < -0.39 is 0 Å². The monoisotopic (exact) mass is 398 g/mol. The Labute approximate surface area is 173 Å². The molecular weight excluding hydrogens is 379 g/mol. The second kappa shape index (κ2) is 7.83. The molecule has 2 heterocycles.